The highest BCUT2D eigenvalue weighted by atomic mass is 16.5. The Balaban J connectivity index is 1.69. The SMILES string of the molecule is C[C@@H]1CN(C(=O)CCCNC(=O)C2CC2)CC(C(=O)O)O1. The molecule has 7 nitrogen and oxygen atoms in total. The normalized spacial score (nSPS) is 25.5. The molecule has 7 heteroatoms. The van der Waals surface area contributed by atoms with Crippen molar-refractivity contribution in [2.75, 3.05) is 19.6 Å². The lowest BCUT2D eigenvalue weighted by Crippen LogP contribution is -2.51. The molecule has 1 heterocycles. The van der Waals surface area contributed by atoms with Gasteiger partial charge in [-0.25, -0.2) is 4.79 Å². The zero-order chi connectivity index (χ0) is 15.4. The molecule has 0 aromatic carbocycles. The Bertz CT molecular complexity index is 422. The summed E-state index contributed by atoms with van der Waals surface area (Å²) >= 11 is 0. The molecule has 2 atom stereocenters. The lowest BCUT2D eigenvalue weighted by molar-refractivity contribution is -0.166. The fraction of sp³-hybridized carbons (Fsp3) is 0.786. The van der Waals surface area contributed by atoms with Gasteiger partial charge < -0.3 is 20.1 Å². The van der Waals surface area contributed by atoms with Gasteiger partial charge in [0, 0.05) is 25.4 Å². The first-order valence-corrected chi connectivity index (χ1v) is 7.41. The molecule has 2 aliphatic rings. The molecule has 1 aliphatic carbocycles. The minimum Gasteiger partial charge on any atom is -0.479 e. The van der Waals surface area contributed by atoms with E-state index in [0.29, 0.717) is 25.9 Å². The van der Waals surface area contributed by atoms with Gasteiger partial charge in [0.05, 0.1) is 12.6 Å². The van der Waals surface area contributed by atoms with Crippen LogP contribution in [0, 0.1) is 5.92 Å². The number of nitrogens with one attached hydrogen (secondary N) is 1. The van der Waals surface area contributed by atoms with Crippen LogP contribution in [-0.2, 0) is 19.1 Å². The number of ether oxygens (including phenoxy) is 1. The van der Waals surface area contributed by atoms with Crippen molar-refractivity contribution in [3.63, 3.8) is 0 Å². The Kier molecular flexibility index (Phi) is 5.17. The average Bonchev–Trinajstić information content (AvgIpc) is 3.26. The Labute approximate surface area is 123 Å². The summed E-state index contributed by atoms with van der Waals surface area (Å²) in [6.07, 6.45) is 1.58. The van der Waals surface area contributed by atoms with Crippen LogP contribution in [0.2, 0.25) is 0 Å². The van der Waals surface area contributed by atoms with Crippen molar-refractivity contribution in [2.24, 2.45) is 5.92 Å². The van der Waals surface area contributed by atoms with Gasteiger partial charge in [-0.3, -0.25) is 9.59 Å². The van der Waals surface area contributed by atoms with E-state index in [4.69, 9.17) is 9.84 Å². The Morgan fingerprint density at radius 1 is 1.29 bits per heavy atom. The summed E-state index contributed by atoms with van der Waals surface area (Å²) in [6, 6.07) is 0. The molecule has 2 rings (SSSR count). The molecule has 2 amide bonds. The van der Waals surface area contributed by atoms with Crippen molar-refractivity contribution in [1.82, 2.24) is 10.2 Å². The predicted molar refractivity (Wildman–Crippen MR) is 73.5 cm³/mol. The second-order valence-electron chi connectivity index (χ2n) is 5.74. The summed E-state index contributed by atoms with van der Waals surface area (Å²) in [5.41, 5.74) is 0. The molecule has 2 N–H and O–H groups in total. The molecule has 1 aliphatic heterocycles. The second-order valence-corrected chi connectivity index (χ2v) is 5.74. The number of rotatable bonds is 6. The van der Waals surface area contributed by atoms with E-state index < -0.39 is 12.1 Å². The van der Waals surface area contributed by atoms with Gasteiger partial charge in [0.1, 0.15) is 0 Å². The summed E-state index contributed by atoms with van der Waals surface area (Å²) in [6.45, 7) is 2.75. The van der Waals surface area contributed by atoms with Crippen molar-refractivity contribution < 1.29 is 24.2 Å². The van der Waals surface area contributed by atoms with Gasteiger partial charge in [0.2, 0.25) is 11.8 Å². The van der Waals surface area contributed by atoms with Crippen molar-refractivity contribution in [2.45, 2.75) is 44.8 Å². The average molecular weight is 298 g/mol. The van der Waals surface area contributed by atoms with E-state index in [0.717, 1.165) is 12.8 Å². The third kappa shape index (κ3) is 4.70. The molecule has 21 heavy (non-hydrogen) atoms. The number of carbonyl (C=O) groups is 3. The van der Waals surface area contributed by atoms with Crippen LogP contribution < -0.4 is 5.32 Å². The molecule has 118 valence electrons. The maximum absolute atomic E-state index is 12.1. The van der Waals surface area contributed by atoms with E-state index in [2.05, 4.69) is 5.32 Å². The molecule has 0 aromatic rings. The van der Waals surface area contributed by atoms with Gasteiger partial charge in [-0.2, -0.15) is 0 Å². The first kappa shape index (κ1) is 15.8. The van der Waals surface area contributed by atoms with Gasteiger partial charge in [-0.05, 0) is 26.2 Å². The molecule has 0 spiro atoms. The fourth-order valence-corrected chi connectivity index (χ4v) is 2.39. The second kappa shape index (κ2) is 6.89. The van der Waals surface area contributed by atoms with E-state index in [1.807, 2.05) is 0 Å². The lowest BCUT2D eigenvalue weighted by Gasteiger charge is -2.35. The van der Waals surface area contributed by atoms with E-state index >= 15 is 0 Å². The number of carbonyl (C=O) groups excluding carboxylic acids is 2. The predicted octanol–water partition coefficient (Wildman–Crippen LogP) is -0.00670. The van der Waals surface area contributed by atoms with Crippen LogP contribution in [0.3, 0.4) is 0 Å². The number of hydrogen-bond donors (Lipinski definition) is 2. The van der Waals surface area contributed by atoms with E-state index in [1.165, 1.54) is 4.90 Å². The monoisotopic (exact) mass is 298 g/mol. The zero-order valence-electron chi connectivity index (χ0n) is 12.2. The van der Waals surface area contributed by atoms with Crippen LogP contribution in [0.1, 0.15) is 32.6 Å². The summed E-state index contributed by atoms with van der Waals surface area (Å²) in [7, 11) is 0. The van der Waals surface area contributed by atoms with Gasteiger partial charge >= 0.3 is 5.97 Å². The van der Waals surface area contributed by atoms with Gasteiger partial charge in [-0.15, -0.1) is 0 Å². The molecule has 1 saturated heterocycles. The van der Waals surface area contributed by atoms with Gasteiger partial charge in [0.25, 0.3) is 0 Å². The molecule has 0 bridgehead atoms. The zero-order valence-corrected chi connectivity index (χ0v) is 12.2. The van der Waals surface area contributed by atoms with Crippen LogP contribution in [0.4, 0.5) is 0 Å². The Morgan fingerprint density at radius 2 is 2.00 bits per heavy atom. The maximum Gasteiger partial charge on any atom is 0.334 e. The van der Waals surface area contributed by atoms with Gasteiger partial charge in [0.15, 0.2) is 6.10 Å². The smallest absolute Gasteiger partial charge is 0.334 e. The quantitative estimate of drug-likeness (QED) is 0.673. The maximum atomic E-state index is 12.1. The van der Waals surface area contributed by atoms with Crippen molar-refractivity contribution in [3.05, 3.63) is 0 Å². The number of carboxylic acid groups (broad SMARTS) is 1. The molecule has 1 saturated carbocycles. The third-order valence-corrected chi connectivity index (χ3v) is 3.70. The summed E-state index contributed by atoms with van der Waals surface area (Å²) in [4.78, 5) is 36.0. The number of hydrogen-bond acceptors (Lipinski definition) is 4. The minimum atomic E-state index is -1.05. The highest BCUT2D eigenvalue weighted by Crippen LogP contribution is 2.28. The first-order chi connectivity index (χ1) is 9.97. The summed E-state index contributed by atoms with van der Waals surface area (Å²) < 4.78 is 5.27. The molecular formula is C14H22N2O5. The van der Waals surface area contributed by atoms with Crippen LogP contribution in [0.5, 0.6) is 0 Å². The molecule has 0 radical (unpaired) electrons. The van der Waals surface area contributed by atoms with Crippen LogP contribution in [0.15, 0.2) is 0 Å². The lowest BCUT2D eigenvalue weighted by atomic mass is 10.2. The minimum absolute atomic E-state index is 0.0772. The Morgan fingerprint density at radius 3 is 2.62 bits per heavy atom. The highest BCUT2D eigenvalue weighted by molar-refractivity contribution is 5.81. The largest absolute Gasteiger partial charge is 0.479 e. The number of nitrogens with zero attached hydrogens (tertiary/aromatic N) is 1. The van der Waals surface area contributed by atoms with E-state index in [9.17, 15) is 14.4 Å². The molecule has 1 unspecified atom stereocenters. The number of morpholine rings is 1. The van der Waals surface area contributed by atoms with Crippen LogP contribution >= 0.6 is 0 Å². The fourth-order valence-electron chi connectivity index (χ4n) is 2.39. The summed E-state index contributed by atoms with van der Waals surface area (Å²) in [5, 5.41) is 11.8. The first-order valence-electron chi connectivity index (χ1n) is 7.41. The van der Waals surface area contributed by atoms with Crippen LogP contribution in [0.25, 0.3) is 0 Å². The van der Waals surface area contributed by atoms with Crippen molar-refractivity contribution in [3.8, 4) is 0 Å². The highest BCUT2D eigenvalue weighted by Gasteiger charge is 2.32. The van der Waals surface area contributed by atoms with Crippen LogP contribution in [-0.4, -0.2) is 59.6 Å². The molecule has 0 aromatic heterocycles. The molecule has 2 fully saturated rings. The van der Waals surface area contributed by atoms with Crippen molar-refractivity contribution >= 4 is 17.8 Å². The number of amides is 2. The van der Waals surface area contributed by atoms with Crippen molar-refractivity contribution in [1.29, 1.82) is 0 Å². The Hall–Kier alpha value is -1.63. The van der Waals surface area contributed by atoms with E-state index in [-0.39, 0.29) is 30.4 Å². The topological polar surface area (TPSA) is 95.9 Å². The number of carboxylic acids is 1. The molecular weight excluding hydrogens is 276 g/mol. The third-order valence-electron chi connectivity index (χ3n) is 3.70. The number of aliphatic carboxylic acids is 1. The standard InChI is InChI=1S/C14H22N2O5/c1-9-7-16(8-11(21-9)14(19)20)12(17)3-2-6-15-13(18)10-4-5-10/h9-11H,2-8H2,1H3,(H,15,18)(H,19,20)/t9-,11?/m1/s1. The summed E-state index contributed by atoms with van der Waals surface area (Å²) in [5.74, 6) is -0.876. The van der Waals surface area contributed by atoms with Gasteiger partial charge in [-0.1, -0.05) is 0 Å². The van der Waals surface area contributed by atoms with E-state index in [1.54, 1.807) is 6.92 Å².